The van der Waals surface area contributed by atoms with E-state index >= 15 is 0 Å². The quantitative estimate of drug-likeness (QED) is 0.768. The zero-order chi connectivity index (χ0) is 11.1. The molecule has 0 amide bonds. The number of hydrogen-bond donors (Lipinski definition) is 1. The normalized spacial score (nSPS) is 35.3. The first kappa shape index (κ1) is 10.7. The van der Waals surface area contributed by atoms with Gasteiger partial charge in [0.15, 0.2) is 0 Å². The number of hydrogen-bond acceptors (Lipinski definition) is 2. The van der Waals surface area contributed by atoms with Gasteiger partial charge in [0.2, 0.25) is 0 Å². The molecular formula is C13H20O2. The summed E-state index contributed by atoms with van der Waals surface area (Å²) in [5.74, 6) is 0.291. The van der Waals surface area contributed by atoms with Gasteiger partial charge in [-0.2, -0.15) is 0 Å². The number of furan rings is 1. The molecule has 1 N–H and O–H groups in total. The van der Waals surface area contributed by atoms with Gasteiger partial charge in [0, 0.05) is 5.56 Å². The van der Waals surface area contributed by atoms with Gasteiger partial charge in [-0.15, -0.1) is 0 Å². The Bertz CT molecular complexity index is 326. The van der Waals surface area contributed by atoms with Gasteiger partial charge in [0.25, 0.3) is 0 Å². The Balaban J connectivity index is 2.24. The predicted octanol–water partition coefficient (Wildman–Crippen LogP) is 3.31. The first-order valence-electron chi connectivity index (χ1n) is 5.69. The molecule has 15 heavy (non-hydrogen) atoms. The lowest BCUT2D eigenvalue weighted by molar-refractivity contribution is -0.0773. The molecule has 0 saturated heterocycles. The minimum Gasteiger partial charge on any atom is -0.472 e. The molecule has 1 aromatic heterocycles. The Morgan fingerprint density at radius 1 is 1.40 bits per heavy atom. The molecule has 0 radical (unpaired) electrons. The predicted molar refractivity (Wildman–Crippen MR) is 59.4 cm³/mol. The standard InChI is InChI=1S/C13H20O2/c1-10-8-12(2,3)5-6-13(10,14)11-4-7-15-9-11/h4,7,9-10,14H,5-6,8H2,1-3H3. The Labute approximate surface area is 91.3 Å². The van der Waals surface area contributed by atoms with Crippen molar-refractivity contribution in [3.05, 3.63) is 24.2 Å². The molecule has 2 unspecified atom stereocenters. The van der Waals surface area contributed by atoms with Crippen molar-refractivity contribution >= 4 is 0 Å². The van der Waals surface area contributed by atoms with Crippen molar-refractivity contribution in [3.8, 4) is 0 Å². The van der Waals surface area contributed by atoms with Crippen LogP contribution in [0.2, 0.25) is 0 Å². The van der Waals surface area contributed by atoms with Crippen molar-refractivity contribution in [3.63, 3.8) is 0 Å². The summed E-state index contributed by atoms with van der Waals surface area (Å²) >= 11 is 0. The Morgan fingerprint density at radius 3 is 2.67 bits per heavy atom. The van der Waals surface area contributed by atoms with Gasteiger partial charge in [0.05, 0.1) is 18.1 Å². The topological polar surface area (TPSA) is 33.4 Å². The highest BCUT2D eigenvalue weighted by molar-refractivity contribution is 5.19. The van der Waals surface area contributed by atoms with E-state index in [0.29, 0.717) is 11.3 Å². The Morgan fingerprint density at radius 2 is 2.13 bits per heavy atom. The summed E-state index contributed by atoms with van der Waals surface area (Å²) < 4.78 is 5.07. The summed E-state index contributed by atoms with van der Waals surface area (Å²) in [5, 5.41) is 10.7. The molecule has 1 saturated carbocycles. The Kier molecular flexibility index (Phi) is 2.42. The molecule has 2 rings (SSSR count). The van der Waals surface area contributed by atoms with Gasteiger partial charge in [-0.1, -0.05) is 20.8 Å². The van der Waals surface area contributed by atoms with Crippen molar-refractivity contribution in [2.45, 2.75) is 45.6 Å². The second-order valence-corrected chi connectivity index (χ2v) is 5.71. The summed E-state index contributed by atoms with van der Waals surface area (Å²) in [6, 6.07) is 1.88. The molecule has 2 nitrogen and oxygen atoms in total. The second kappa shape index (κ2) is 3.38. The summed E-state index contributed by atoms with van der Waals surface area (Å²) in [4.78, 5) is 0. The van der Waals surface area contributed by atoms with E-state index in [4.69, 9.17) is 4.42 Å². The third-order valence-corrected chi connectivity index (χ3v) is 3.88. The molecule has 0 aromatic carbocycles. The molecule has 84 valence electrons. The lowest BCUT2D eigenvalue weighted by atomic mass is 9.64. The smallest absolute Gasteiger partial charge is 0.0963 e. The van der Waals surface area contributed by atoms with Crippen LogP contribution in [-0.4, -0.2) is 5.11 Å². The zero-order valence-electron chi connectivity index (χ0n) is 9.79. The third kappa shape index (κ3) is 1.83. The zero-order valence-corrected chi connectivity index (χ0v) is 9.79. The maximum Gasteiger partial charge on any atom is 0.0963 e. The largest absolute Gasteiger partial charge is 0.472 e. The van der Waals surface area contributed by atoms with Crippen molar-refractivity contribution < 1.29 is 9.52 Å². The van der Waals surface area contributed by atoms with Crippen LogP contribution >= 0.6 is 0 Å². The van der Waals surface area contributed by atoms with E-state index in [0.717, 1.165) is 24.8 Å². The fourth-order valence-electron chi connectivity index (χ4n) is 2.81. The van der Waals surface area contributed by atoms with Gasteiger partial charge in [-0.3, -0.25) is 0 Å². The van der Waals surface area contributed by atoms with Crippen LogP contribution < -0.4 is 0 Å². The first-order valence-corrected chi connectivity index (χ1v) is 5.69. The molecule has 2 heteroatoms. The fourth-order valence-corrected chi connectivity index (χ4v) is 2.81. The monoisotopic (exact) mass is 208 g/mol. The molecule has 1 heterocycles. The SMILES string of the molecule is CC1CC(C)(C)CCC1(O)c1ccoc1. The molecule has 1 fully saturated rings. The highest BCUT2D eigenvalue weighted by Crippen LogP contribution is 2.48. The summed E-state index contributed by atoms with van der Waals surface area (Å²) in [5.41, 5.74) is 0.614. The molecule has 2 atom stereocenters. The highest BCUT2D eigenvalue weighted by atomic mass is 16.3. The van der Waals surface area contributed by atoms with Gasteiger partial charge in [-0.05, 0) is 36.7 Å². The van der Waals surface area contributed by atoms with Crippen molar-refractivity contribution in [2.24, 2.45) is 11.3 Å². The lowest BCUT2D eigenvalue weighted by Gasteiger charge is -2.44. The average molecular weight is 208 g/mol. The highest BCUT2D eigenvalue weighted by Gasteiger charge is 2.43. The minimum absolute atomic E-state index is 0.291. The fraction of sp³-hybridized carbons (Fsp3) is 0.692. The van der Waals surface area contributed by atoms with Crippen molar-refractivity contribution in [2.75, 3.05) is 0 Å². The van der Waals surface area contributed by atoms with Crippen LogP contribution in [0.25, 0.3) is 0 Å². The third-order valence-electron chi connectivity index (χ3n) is 3.88. The van der Waals surface area contributed by atoms with Crippen LogP contribution in [0.3, 0.4) is 0 Å². The summed E-state index contributed by atoms with van der Waals surface area (Å²) in [6.07, 6.45) is 6.28. The van der Waals surface area contributed by atoms with E-state index in [-0.39, 0.29) is 0 Å². The minimum atomic E-state index is -0.678. The van der Waals surface area contributed by atoms with Crippen molar-refractivity contribution in [1.29, 1.82) is 0 Å². The maximum absolute atomic E-state index is 10.7. The van der Waals surface area contributed by atoms with Crippen molar-refractivity contribution in [1.82, 2.24) is 0 Å². The van der Waals surface area contributed by atoms with E-state index in [9.17, 15) is 5.11 Å². The Hall–Kier alpha value is -0.760. The van der Waals surface area contributed by atoms with Crippen LogP contribution in [0.4, 0.5) is 0 Å². The van der Waals surface area contributed by atoms with E-state index in [1.54, 1.807) is 12.5 Å². The molecule has 1 aliphatic rings. The lowest BCUT2D eigenvalue weighted by Crippen LogP contribution is -2.41. The molecule has 0 bridgehead atoms. The van der Waals surface area contributed by atoms with E-state index < -0.39 is 5.60 Å². The number of aliphatic hydroxyl groups is 1. The van der Waals surface area contributed by atoms with Gasteiger partial charge in [-0.25, -0.2) is 0 Å². The van der Waals surface area contributed by atoms with E-state index in [2.05, 4.69) is 20.8 Å². The van der Waals surface area contributed by atoms with Crippen LogP contribution in [0, 0.1) is 11.3 Å². The number of rotatable bonds is 1. The van der Waals surface area contributed by atoms with Crippen LogP contribution in [0.5, 0.6) is 0 Å². The van der Waals surface area contributed by atoms with Crippen LogP contribution in [0.1, 0.15) is 45.6 Å². The summed E-state index contributed by atoms with van der Waals surface area (Å²) in [7, 11) is 0. The molecule has 1 aromatic rings. The van der Waals surface area contributed by atoms with E-state index in [1.165, 1.54) is 0 Å². The van der Waals surface area contributed by atoms with Crippen LogP contribution in [-0.2, 0) is 5.60 Å². The molecule has 1 aliphatic carbocycles. The first-order chi connectivity index (χ1) is 6.94. The molecular weight excluding hydrogens is 188 g/mol. The molecule has 0 aliphatic heterocycles. The van der Waals surface area contributed by atoms with Gasteiger partial charge < -0.3 is 9.52 Å². The molecule has 0 spiro atoms. The second-order valence-electron chi connectivity index (χ2n) is 5.71. The maximum atomic E-state index is 10.7. The average Bonchev–Trinajstić information content (AvgIpc) is 2.64. The van der Waals surface area contributed by atoms with Crippen LogP contribution in [0.15, 0.2) is 23.0 Å². The summed E-state index contributed by atoms with van der Waals surface area (Å²) in [6.45, 7) is 6.69. The van der Waals surface area contributed by atoms with E-state index in [1.807, 2.05) is 6.07 Å². The van der Waals surface area contributed by atoms with Gasteiger partial charge >= 0.3 is 0 Å². The van der Waals surface area contributed by atoms with Gasteiger partial charge in [0.1, 0.15) is 0 Å².